The maximum absolute atomic E-state index is 13.1. The van der Waals surface area contributed by atoms with Crippen LogP contribution < -0.4 is 4.74 Å². The van der Waals surface area contributed by atoms with E-state index in [2.05, 4.69) is 20.9 Å². The van der Waals surface area contributed by atoms with Gasteiger partial charge in [0, 0.05) is 33.7 Å². The molecule has 7 nitrogen and oxygen atoms in total. The van der Waals surface area contributed by atoms with Crippen LogP contribution in [0.25, 0.3) is 16.7 Å². The first kappa shape index (κ1) is 22.0. The number of ketones is 1. The molecule has 0 spiro atoms. The number of H-pyrrole nitrogens is 1. The van der Waals surface area contributed by atoms with E-state index in [-0.39, 0.29) is 17.9 Å². The number of Topliss-reactive ketones (excluding diaryl/α,β-unsaturated/α-hetero) is 1. The minimum absolute atomic E-state index is 0.0165. The lowest BCUT2D eigenvalue weighted by Gasteiger charge is -2.23. The summed E-state index contributed by atoms with van der Waals surface area (Å²) < 4.78 is 11.8. The molecular formula is C26H21BrN2O5. The van der Waals surface area contributed by atoms with Gasteiger partial charge in [-0.15, -0.1) is 0 Å². The molecule has 0 aliphatic carbocycles. The number of rotatable bonds is 6. The Balaban J connectivity index is 1.52. The highest BCUT2D eigenvalue weighted by Gasteiger charge is 2.47. The van der Waals surface area contributed by atoms with Crippen molar-refractivity contribution < 1.29 is 23.8 Å². The molecule has 172 valence electrons. The topological polar surface area (TPSA) is 95.8 Å². The Kier molecular flexibility index (Phi) is 5.75. The molecule has 0 radical (unpaired) electrons. The molecule has 2 N–H and O–H groups in total. The third-order valence-electron chi connectivity index (χ3n) is 6.07. The lowest BCUT2D eigenvalue weighted by molar-refractivity contribution is -0.140. The molecule has 1 aliphatic heterocycles. The van der Waals surface area contributed by atoms with Crippen LogP contribution in [-0.4, -0.2) is 40.3 Å². The monoisotopic (exact) mass is 520 g/mol. The van der Waals surface area contributed by atoms with E-state index < -0.39 is 17.7 Å². The average Bonchev–Trinajstić information content (AvgIpc) is 3.57. The van der Waals surface area contributed by atoms with Crippen LogP contribution >= 0.6 is 15.9 Å². The van der Waals surface area contributed by atoms with Crippen molar-refractivity contribution in [3.05, 3.63) is 94.0 Å². The van der Waals surface area contributed by atoms with Crippen LogP contribution in [0, 0.1) is 0 Å². The number of aromatic nitrogens is 1. The Labute approximate surface area is 203 Å². The van der Waals surface area contributed by atoms with Crippen LogP contribution in [0.5, 0.6) is 5.75 Å². The minimum atomic E-state index is -0.821. The number of nitrogens with one attached hydrogen (secondary N) is 1. The number of nitrogens with zero attached hydrogens (tertiary/aromatic N) is 1. The highest BCUT2D eigenvalue weighted by molar-refractivity contribution is 9.10. The number of aromatic amines is 1. The van der Waals surface area contributed by atoms with Gasteiger partial charge in [-0.1, -0.05) is 28.1 Å². The lowest BCUT2D eigenvalue weighted by atomic mass is 9.99. The molecule has 1 amide bonds. The number of furan rings is 1. The lowest BCUT2D eigenvalue weighted by Crippen LogP contribution is -2.31. The Morgan fingerprint density at radius 1 is 1.18 bits per heavy atom. The second-order valence-corrected chi connectivity index (χ2v) is 8.91. The van der Waals surface area contributed by atoms with Gasteiger partial charge in [-0.25, -0.2) is 0 Å². The quantitative estimate of drug-likeness (QED) is 0.207. The molecule has 0 bridgehead atoms. The van der Waals surface area contributed by atoms with Crippen molar-refractivity contribution in [1.82, 2.24) is 9.88 Å². The van der Waals surface area contributed by atoms with Crippen molar-refractivity contribution in [3.63, 3.8) is 0 Å². The van der Waals surface area contributed by atoms with Gasteiger partial charge >= 0.3 is 0 Å². The first-order chi connectivity index (χ1) is 16.5. The Morgan fingerprint density at radius 2 is 1.97 bits per heavy atom. The molecule has 1 unspecified atom stereocenters. The molecule has 4 aromatic rings. The van der Waals surface area contributed by atoms with Gasteiger partial charge in [-0.2, -0.15) is 0 Å². The fourth-order valence-electron chi connectivity index (χ4n) is 4.35. The molecule has 2 aromatic carbocycles. The second kappa shape index (κ2) is 8.87. The molecule has 5 rings (SSSR count). The van der Waals surface area contributed by atoms with Crippen LogP contribution in [0.1, 0.15) is 22.9 Å². The van der Waals surface area contributed by atoms with Crippen molar-refractivity contribution in [2.45, 2.75) is 12.5 Å². The number of ether oxygens (including phenoxy) is 1. The van der Waals surface area contributed by atoms with Crippen molar-refractivity contribution in [2.75, 3.05) is 13.7 Å². The Morgan fingerprint density at radius 3 is 2.68 bits per heavy atom. The molecule has 3 heterocycles. The maximum Gasteiger partial charge on any atom is 0.295 e. The summed E-state index contributed by atoms with van der Waals surface area (Å²) in [5.74, 6) is -0.483. The highest BCUT2D eigenvalue weighted by atomic mass is 79.9. The fourth-order valence-corrected chi connectivity index (χ4v) is 4.61. The molecular weight excluding hydrogens is 500 g/mol. The Hall–Kier alpha value is -3.78. The zero-order valence-corrected chi connectivity index (χ0v) is 19.8. The number of halogens is 1. The second-order valence-electron chi connectivity index (χ2n) is 7.99. The Bertz CT molecular complexity index is 1400. The van der Waals surface area contributed by atoms with Crippen molar-refractivity contribution >= 4 is 44.3 Å². The van der Waals surface area contributed by atoms with E-state index in [9.17, 15) is 14.7 Å². The predicted molar refractivity (Wildman–Crippen MR) is 130 cm³/mol. The molecule has 1 fully saturated rings. The molecule has 1 atom stereocenters. The summed E-state index contributed by atoms with van der Waals surface area (Å²) in [5.41, 5.74) is 2.40. The molecule has 2 aromatic heterocycles. The third-order valence-corrected chi connectivity index (χ3v) is 6.60. The number of carbonyl (C=O) groups excluding carboxylic acids is 2. The van der Waals surface area contributed by atoms with E-state index in [1.807, 2.05) is 24.4 Å². The van der Waals surface area contributed by atoms with Crippen molar-refractivity contribution in [1.29, 1.82) is 0 Å². The number of hydrogen-bond donors (Lipinski definition) is 2. The summed E-state index contributed by atoms with van der Waals surface area (Å²) in [6.07, 6.45) is 3.88. The number of hydrogen-bond acceptors (Lipinski definition) is 5. The molecule has 0 saturated carbocycles. The fraction of sp³-hybridized carbons (Fsp3) is 0.154. The maximum atomic E-state index is 13.1. The van der Waals surface area contributed by atoms with Crippen LogP contribution in [-0.2, 0) is 16.0 Å². The summed E-state index contributed by atoms with van der Waals surface area (Å²) >= 11 is 3.37. The zero-order valence-electron chi connectivity index (χ0n) is 18.2. The van der Waals surface area contributed by atoms with E-state index in [1.54, 1.807) is 43.5 Å². The van der Waals surface area contributed by atoms with Crippen LogP contribution in [0.4, 0.5) is 0 Å². The standard InChI is InChI=1S/C26H21BrN2O5/c1-33-18-8-9-20-19(13-18)16(14-28-20)10-11-29-23(21-3-2-12-34-21)22(25(31)26(29)32)24(30)15-4-6-17(27)7-5-15/h2-9,12-14,23,28,30H,10-11H2,1H3/b24-22-. The van der Waals surface area contributed by atoms with Gasteiger partial charge in [0.05, 0.1) is 18.9 Å². The van der Waals surface area contributed by atoms with Crippen LogP contribution in [0.15, 0.2) is 81.5 Å². The normalized spacial score (nSPS) is 17.6. The highest BCUT2D eigenvalue weighted by Crippen LogP contribution is 2.40. The average molecular weight is 521 g/mol. The SMILES string of the molecule is COc1ccc2[nH]cc(CCN3C(=O)C(=O)/C(=C(\O)c4ccc(Br)cc4)C3c3ccco3)c2c1. The zero-order chi connectivity index (χ0) is 23.8. The smallest absolute Gasteiger partial charge is 0.295 e. The molecule has 8 heteroatoms. The summed E-state index contributed by atoms with van der Waals surface area (Å²) in [4.78, 5) is 30.9. The number of likely N-dealkylation sites (tertiary alicyclic amines) is 1. The molecule has 1 saturated heterocycles. The van der Waals surface area contributed by atoms with Gasteiger partial charge in [0.1, 0.15) is 23.3 Å². The first-order valence-corrected chi connectivity index (χ1v) is 11.5. The number of aliphatic hydroxyl groups is 1. The summed E-state index contributed by atoms with van der Waals surface area (Å²) in [5, 5.41) is 12.0. The number of aliphatic hydroxyl groups excluding tert-OH is 1. The number of benzene rings is 2. The van der Waals surface area contributed by atoms with E-state index in [1.165, 1.54) is 11.2 Å². The van der Waals surface area contributed by atoms with Crippen LogP contribution in [0.3, 0.4) is 0 Å². The van der Waals surface area contributed by atoms with Gasteiger partial charge in [0.15, 0.2) is 0 Å². The van der Waals surface area contributed by atoms with Crippen molar-refractivity contribution in [3.8, 4) is 5.75 Å². The summed E-state index contributed by atoms with van der Waals surface area (Å²) in [6.45, 7) is 0.261. The van der Waals surface area contributed by atoms with E-state index in [4.69, 9.17) is 9.15 Å². The van der Waals surface area contributed by atoms with Gasteiger partial charge in [-0.05, 0) is 54.4 Å². The number of fused-ring (bicyclic) bond motifs is 1. The first-order valence-electron chi connectivity index (χ1n) is 10.7. The van der Waals surface area contributed by atoms with Crippen LogP contribution in [0.2, 0.25) is 0 Å². The number of methoxy groups -OCH3 is 1. The largest absolute Gasteiger partial charge is 0.507 e. The van der Waals surface area contributed by atoms with Gasteiger partial charge in [0.2, 0.25) is 0 Å². The van der Waals surface area contributed by atoms with Crippen molar-refractivity contribution in [2.24, 2.45) is 0 Å². The molecule has 34 heavy (non-hydrogen) atoms. The van der Waals surface area contributed by atoms with Gasteiger partial charge in [0.25, 0.3) is 11.7 Å². The van der Waals surface area contributed by atoms with Gasteiger partial charge < -0.3 is 24.1 Å². The van der Waals surface area contributed by atoms with E-state index in [0.717, 1.165) is 26.7 Å². The summed E-state index contributed by atoms with van der Waals surface area (Å²) in [7, 11) is 1.61. The van der Waals surface area contributed by atoms with Gasteiger partial charge in [-0.3, -0.25) is 9.59 Å². The van der Waals surface area contributed by atoms with E-state index >= 15 is 0 Å². The number of carbonyl (C=O) groups is 2. The predicted octanol–water partition coefficient (Wildman–Crippen LogP) is 5.20. The summed E-state index contributed by atoms with van der Waals surface area (Å²) in [6, 6.07) is 15.2. The minimum Gasteiger partial charge on any atom is -0.507 e. The molecule has 1 aliphatic rings. The van der Waals surface area contributed by atoms with E-state index in [0.29, 0.717) is 17.7 Å². The number of amides is 1. The third kappa shape index (κ3) is 3.80.